The van der Waals surface area contributed by atoms with Crippen LogP contribution in [-0.4, -0.2) is 43.0 Å². The molecule has 2 nitrogen and oxygen atoms in total. The Kier molecular flexibility index (Phi) is 5.36. The van der Waals surface area contributed by atoms with Crippen LogP contribution < -0.4 is 0 Å². The molecule has 2 aliphatic heterocycles. The standard InChI is InChI=1S/C22H36N2/c1-17(2)19-7-8-20(21(13-19)18(3)4)14-24-11-6-9-22(16-24)10-12-23(5)15-22/h7-8,13,17-18H,6,9-12,14-16H2,1-5H3. The summed E-state index contributed by atoms with van der Waals surface area (Å²) in [5, 5.41) is 0. The van der Waals surface area contributed by atoms with Gasteiger partial charge in [-0.3, -0.25) is 4.90 Å². The second kappa shape index (κ2) is 7.17. The molecule has 1 aromatic rings. The van der Waals surface area contributed by atoms with Gasteiger partial charge in [-0.2, -0.15) is 0 Å². The van der Waals surface area contributed by atoms with Crippen LogP contribution in [0.4, 0.5) is 0 Å². The highest BCUT2D eigenvalue weighted by molar-refractivity contribution is 5.35. The fourth-order valence-corrected chi connectivity index (χ4v) is 4.83. The Morgan fingerprint density at radius 1 is 1.00 bits per heavy atom. The molecule has 0 saturated carbocycles. The van der Waals surface area contributed by atoms with E-state index < -0.39 is 0 Å². The van der Waals surface area contributed by atoms with Crippen LogP contribution in [0.1, 0.15) is 75.5 Å². The molecule has 24 heavy (non-hydrogen) atoms. The summed E-state index contributed by atoms with van der Waals surface area (Å²) >= 11 is 0. The molecule has 0 amide bonds. The van der Waals surface area contributed by atoms with Crippen molar-refractivity contribution in [1.82, 2.24) is 9.80 Å². The van der Waals surface area contributed by atoms with Crippen LogP contribution in [0, 0.1) is 5.41 Å². The molecule has 0 N–H and O–H groups in total. The highest BCUT2D eigenvalue weighted by Gasteiger charge is 2.40. The average Bonchev–Trinajstić information content (AvgIpc) is 2.87. The minimum absolute atomic E-state index is 0.572. The van der Waals surface area contributed by atoms with Gasteiger partial charge >= 0.3 is 0 Å². The lowest BCUT2D eigenvalue weighted by Gasteiger charge is -2.40. The fraction of sp³-hybridized carbons (Fsp3) is 0.727. The van der Waals surface area contributed by atoms with E-state index in [9.17, 15) is 0 Å². The molecule has 1 aromatic carbocycles. The Labute approximate surface area is 149 Å². The third-order valence-corrected chi connectivity index (χ3v) is 6.22. The van der Waals surface area contributed by atoms with Crippen LogP contribution >= 0.6 is 0 Å². The van der Waals surface area contributed by atoms with E-state index in [2.05, 4.69) is 62.7 Å². The van der Waals surface area contributed by atoms with E-state index in [1.54, 1.807) is 11.1 Å². The zero-order valence-electron chi connectivity index (χ0n) is 16.4. The van der Waals surface area contributed by atoms with Gasteiger partial charge in [-0.05, 0) is 73.3 Å². The van der Waals surface area contributed by atoms with Crippen molar-refractivity contribution >= 4 is 0 Å². The first-order chi connectivity index (χ1) is 11.4. The molecule has 2 heteroatoms. The Balaban J connectivity index is 1.75. The van der Waals surface area contributed by atoms with Crippen LogP contribution in [0.5, 0.6) is 0 Å². The van der Waals surface area contributed by atoms with Gasteiger partial charge < -0.3 is 4.90 Å². The highest BCUT2D eigenvalue weighted by Crippen LogP contribution is 2.39. The van der Waals surface area contributed by atoms with Crippen molar-refractivity contribution in [3.05, 3.63) is 34.9 Å². The molecule has 0 radical (unpaired) electrons. The predicted molar refractivity (Wildman–Crippen MR) is 104 cm³/mol. The van der Waals surface area contributed by atoms with Gasteiger partial charge in [0.1, 0.15) is 0 Å². The largest absolute Gasteiger partial charge is 0.306 e. The number of hydrogen-bond acceptors (Lipinski definition) is 2. The van der Waals surface area contributed by atoms with E-state index in [-0.39, 0.29) is 0 Å². The fourth-order valence-electron chi connectivity index (χ4n) is 4.83. The van der Waals surface area contributed by atoms with Crippen LogP contribution in [0.3, 0.4) is 0 Å². The smallest absolute Gasteiger partial charge is 0.0236 e. The van der Waals surface area contributed by atoms with Crippen molar-refractivity contribution in [3.63, 3.8) is 0 Å². The maximum absolute atomic E-state index is 2.74. The van der Waals surface area contributed by atoms with Gasteiger partial charge in [-0.1, -0.05) is 45.9 Å². The molecule has 2 fully saturated rings. The molecule has 0 bridgehead atoms. The zero-order valence-corrected chi connectivity index (χ0v) is 16.4. The van der Waals surface area contributed by atoms with Gasteiger partial charge in [0.2, 0.25) is 0 Å². The molecule has 1 atom stereocenters. The summed E-state index contributed by atoms with van der Waals surface area (Å²) in [6.07, 6.45) is 4.19. The number of piperidine rings is 1. The van der Waals surface area contributed by atoms with Gasteiger partial charge in [0.15, 0.2) is 0 Å². The molecular formula is C22H36N2. The second-order valence-electron chi connectivity index (χ2n) is 9.07. The Morgan fingerprint density at radius 2 is 1.79 bits per heavy atom. The van der Waals surface area contributed by atoms with Gasteiger partial charge in [-0.25, -0.2) is 0 Å². The number of nitrogens with zero attached hydrogens (tertiary/aromatic N) is 2. The molecule has 1 spiro atoms. The summed E-state index contributed by atoms with van der Waals surface area (Å²) in [5.41, 5.74) is 5.17. The first-order valence-electron chi connectivity index (χ1n) is 9.92. The molecule has 1 unspecified atom stereocenters. The molecule has 0 aromatic heterocycles. The van der Waals surface area contributed by atoms with Crippen molar-refractivity contribution in [2.24, 2.45) is 5.41 Å². The van der Waals surface area contributed by atoms with E-state index in [1.165, 1.54) is 51.0 Å². The van der Waals surface area contributed by atoms with Crippen LogP contribution in [-0.2, 0) is 6.54 Å². The van der Waals surface area contributed by atoms with Gasteiger partial charge in [0.25, 0.3) is 0 Å². The van der Waals surface area contributed by atoms with E-state index in [0.29, 0.717) is 17.3 Å². The summed E-state index contributed by atoms with van der Waals surface area (Å²) < 4.78 is 0. The van der Waals surface area contributed by atoms with E-state index >= 15 is 0 Å². The minimum Gasteiger partial charge on any atom is -0.306 e. The van der Waals surface area contributed by atoms with Crippen LogP contribution in [0.2, 0.25) is 0 Å². The average molecular weight is 329 g/mol. The molecule has 134 valence electrons. The third-order valence-electron chi connectivity index (χ3n) is 6.22. The lowest BCUT2D eigenvalue weighted by Crippen LogP contribution is -2.44. The molecule has 2 aliphatic rings. The van der Waals surface area contributed by atoms with Crippen molar-refractivity contribution in [3.8, 4) is 0 Å². The maximum atomic E-state index is 2.74. The van der Waals surface area contributed by atoms with E-state index in [4.69, 9.17) is 0 Å². The van der Waals surface area contributed by atoms with Crippen molar-refractivity contribution in [1.29, 1.82) is 0 Å². The number of rotatable bonds is 4. The topological polar surface area (TPSA) is 6.48 Å². The van der Waals surface area contributed by atoms with Gasteiger partial charge in [0, 0.05) is 19.6 Å². The number of hydrogen-bond donors (Lipinski definition) is 0. The van der Waals surface area contributed by atoms with Crippen LogP contribution in [0.15, 0.2) is 18.2 Å². The lowest BCUT2D eigenvalue weighted by atomic mass is 9.79. The molecule has 2 saturated heterocycles. The lowest BCUT2D eigenvalue weighted by molar-refractivity contribution is 0.0897. The van der Waals surface area contributed by atoms with Crippen molar-refractivity contribution in [2.45, 2.75) is 65.3 Å². The summed E-state index contributed by atoms with van der Waals surface area (Å²) in [4.78, 5) is 5.26. The maximum Gasteiger partial charge on any atom is 0.0236 e. The summed E-state index contributed by atoms with van der Waals surface area (Å²) in [5.74, 6) is 1.22. The quantitative estimate of drug-likeness (QED) is 0.779. The molecule has 3 rings (SSSR count). The second-order valence-corrected chi connectivity index (χ2v) is 9.07. The summed E-state index contributed by atoms with van der Waals surface area (Å²) in [7, 11) is 2.29. The Morgan fingerprint density at radius 3 is 2.42 bits per heavy atom. The summed E-state index contributed by atoms with van der Waals surface area (Å²) in [6, 6.07) is 7.23. The van der Waals surface area contributed by atoms with Gasteiger partial charge in [-0.15, -0.1) is 0 Å². The number of likely N-dealkylation sites (tertiary alicyclic amines) is 2. The Bertz CT molecular complexity index is 559. The molecule has 2 heterocycles. The highest BCUT2D eigenvalue weighted by atomic mass is 15.2. The first kappa shape index (κ1) is 17.9. The third kappa shape index (κ3) is 3.86. The monoisotopic (exact) mass is 328 g/mol. The van der Waals surface area contributed by atoms with Crippen molar-refractivity contribution < 1.29 is 0 Å². The van der Waals surface area contributed by atoms with Crippen molar-refractivity contribution in [2.75, 3.05) is 33.2 Å². The zero-order chi connectivity index (χ0) is 17.3. The minimum atomic E-state index is 0.572. The molecule has 0 aliphatic carbocycles. The number of benzene rings is 1. The normalized spacial score (nSPS) is 26.1. The SMILES string of the molecule is CC(C)c1ccc(CN2CCCC3(CCN(C)C3)C2)c(C(C)C)c1. The van der Waals surface area contributed by atoms with Gasteiger partial charge in [0.05, 0.1) is 0 Å². The van der Waals surface area contributed by atoms with E-state index in [1.807, 2.05) is 0 Å². The predicted octanol–water partition coefficient (Wildman–Crippen LogP) is 4.85. The van der Waals surface area contributed by atoms with Crippen LogP contribution in [0.25, 0.3) is 0 Å². The Hall–Kier alpha value is -0.860. The van der Waals surface area contributed by atoms with E-state index in [0.717, 1.165) is 6.54 Å². The molecular weight excluding hydrogens is 292 g/mol. The first-order valence-corrected chi connectivity index (χ1v) is 9.92. The summed E-state index contributed by atoms with van der Waals surface area (Å²) in [6.45, 7) is 15.6.